The molecule has 3 aromatic heterocycles. The van der Waals surface area contributed by atoms with Gasteiger partial charge in [-0.3, -0.25) is 9.59 Å². The van der Waals surface area contributed by atoms with Gasteiger partial charge in [0.05, 0.1) is 5.56 Å². The van der Waals surface area contributed by atoms with Crippen LogP contribution in [0.25, 0.3) is 27.6 Å². The second-order valence-electron chi connectivity index (χ2n) is 6.63. The summed E-state index contributed by atoms with van der Waals surface area (Å²) in [5.74, 6) is -0.620. The first kappa shape index (κ1) is 19.6. The van der Waals surface area contributed by atoms with E-state index >= 15 is 0 Å². The molecular formula is C20H16F3N5O2. The third-order valence-electron chi connectivity index (χ3n) is 4.78. The number of aromatic nitrogens is 4. The maximum atomic E-state index is 13.2. The Morgan fingerprint density at radius 2 is 1.90 bits per heavy atom. The number of nitrogens with zero attached hydrogens (tertiary/aromatic N) is 4. The Hall–Kier alpha value is -3.69. The molecule has 1 aromatic carbocycles. The number of benzene rings is 1. The number of fused-ring (bicyclic) bond motifs is 3. The minimum atomic E-state index is -4.56. The molecule has 0 aliphatic rings. The second-order valence-corrected chi connectivity index (χ2v) is 6.63. The Labute approximate surface area is 167 Å². The largest absolute Gasteiger partial charge is 0.417 e. The average Bonchev–Trinajstić information content (AvgIpc) is 3.02. The SMILES string of the molecule is CCNC(=O)c1nn(-c2ccc(C(F)(F)F)cn2)c(=O)c2c1c1ccccc1n2C. The van der Waals surface area contributed by atoms with Crippen molar-refractivity contribution < 1.29 is 18.0 Å². The molecule has 0 fully saturated rings. The third kappa shape index (κ3) is 3.00. The molecule has 0 aliphatic heterocycles. The lowest BCUT2D eigenvalue weighted by Crippen LogP contribution is -2.30. The van der Waals surface area contributed by atoms with Gasteiger partial charge in [-0.1, -0.05) is 18.2 Å². The highest BCUT2D eigenvalue weighted by atomic mass is 19.4. The maximum Gasteiger partial charge on any atom is 0.417 e. The van der Waals surface area contributed by atoms with Crippen molar-refractivity contribution in [3.63, 3.8) is 0 Å². The summed E-state index contributed by atoms with van der Waals surface area (Å²) < 4.78 is 41.1. The molecule has 0 radical (unpaired) electrons. The van der Waals surface area contributed by atoms with Crippen LogP contribution in [0.1, 0.15) is 23.0 Å². The van der Waals surface area contributed by atoms with Crippen molar-refractivity contribution in [1.82, 2.24) is 24.6 Å². The molecule has 0 bridgehead atoms. The molecule has 154 valence electrons. The Kier molecular flexibility index (Phi) is 4.56. The van der Waals surface area contributed by atoms with Gasteiger partial charge in [-0.15, -0.1) is 0 Å². The zero-order valence-corrected chi connectivity index (χ0v) is 16.0. The summed E-state index contributed by atoms with van der Waals surface area (Å²) in [4.78, 5) is 29.7. The maximum absolute atomic E-state index is 13.2. The van der Waals surface area contributed by atoms with E-state index in [9.17, 15) is 22.8 Å². The number of amides is 1. The van der Waals surface area contributed by atoms with Crippen LogP contribution in [-0.4, -0.2) is 31.8 Å². The molecule has 7 nitrogen and oxygen atoms in total. The van der Waals surface area contributed by atoms with Crippen LogP contribution in [0, 0.1) is 0 Å². The minimum Gasteiger partial charge on any atom is -0.351 e. The van der Waals surface area contributed by atoms with Gasteiger partial charge >= 0.3 is 6.18 Å². The quantitative estimate of drug-likeness (QED) is 0.558. The van der Waals surface area contributed by atoms with Crippen LogP contribution in [0.5, 0.6) is 0 Å². The Bertz CT molecular complexity index is 1340. The van der Waals surface area contributed by atoms with Crippen molar-refractivity contribution in [2.75, 3.05) is 6.54 Å². The number of nitrogens with one attached hydrogen (secondary N) is 1. The number of para-hydroxylation sites is 1. The van der Waals surface area contributed by atoms with E-state index in [0.717, 1.165) is 22.3 Å². The van der Waals surface area contributed by atoms with Gasteiger partial charge in [-0.25, -0.2) is 4.98 Å². The molecule has 30 heavy (non-hydrogen) atoms. The number of halogens is 3. The number of pyridine rings is 1. The van der Waals surface area contributed by atoms with Crippen molar-refractivity contribution in [2.24, 2.45) is 7.05 Å². The average molecular weight is 415 g/mol. The summed E-state index contributed by atoms with van der Waals surface area (Å²) >= 11 is 0. The first-order valence-corrected chi connectivity index (χ1v) is 9.06. The van der Waals surface area contributed by atoms with Gasteiger partial charge in [0, 0.05) is 36.1 Å². The minimum absolute atomic E-state index is 0.00931. The highest BCUT2D eigenvalue weighted by Gasteiger charge is 2.31. The summed E-state index contributed by atoms with van der Waals surface area (Å²) in [6.45, 7) is 2.08. The monoisotopic (exact) mass is 415 g/mol. The van der Waals surface area contributed by atoms with E-state index in [0.29, 0.717) is 23.5 Å². The lowest BCUT2D eigenvalue weighted by Gasteiger charge is -2.10. The standard InChI is InChI=1S/C20H16F3N5O2/c1-3-24-18(29)16-15-12-6-4-5-7-13(12)27(2)17(15)19(30)28(26-16)14-9-8-11(10-25-14)20(21,22)23/h4-10H,3H2,1-2H3,(H,24,29). The molecule has 0 saturated carbocycles. The summed E-state index contributed by atoms with van der Waals surface area (Å²) in [6.07, 6.45) is -3.93. The van der Waals surface area contributed by atoms with E-state index in [4.69, 9.17) is 0 Å². The van der Waals surface area contributed by atoms with Crippen LogP contribution >= 0.6 is 0 Å². The lowest BCUT2D eigenvalue weighted by atomic mass is 10.1. The second kappa shape index (κ2) is 6.97. The Balaban J connectivity index is 2.06. The molecule has 1 N–H and O–H groups in total. The number of carbonyl (C=O) groups excluding carboxylic acids is 1. The van der Waals surface area contributed by atoms with Crippen LogP contribution < -0.4 is 10.9 Å². The van der Waals surface area contributed by atoms with Crippen molar-refractivity contribution in [3.05, 3.63) is 64.2 Å². The van der Waals surface area contributed by atoms with Gasteiger partial charge in [-0.2, -0.15) is 23.0 Å². The highest BCUT2D eigenvalue weighted by Crippen LogP contribution is 2.30. The zero-order chi connectivity index (χ0) is 21.6. The van der Waals surface area contributed by atoms with Gasteiger partial charge in [0.2, 0.25) is 0 Å². The van der Waals surface area contributed by atoms with Gasteiger partial charge in [0.25, 0.3) is 11.5 Å². The zero-order valence-electron chi connectivity index (χ0n) is 16.0. The number of aryl methyl sites for hydroxylation is 1. The van der Waals surface area contributed by atoms with Gasteiger partial charge in [0.1, 0.15) is 5.52 Å². The number of carbonyl (C=O) groups is 1. The van der Waals surface area contributed by atoms with E-state index in [1.54, 1.807) is 42.8 Å². The number of alkyl halides is 3. The van der Waals surface area contributed by atoms with E-state index in [-0.39, 0.29) is 17.0 Å². The van der Waals surface area contributed by atoms with Crippen LogP contribution in [0.3, 0.4) is 0 Å². The van der Waals surface area contributed by atoms with E-state index < -0.39 is 23.2 Å². The number of hydrogen-bond acceptors (Lipinski definition) is 4. The van der Waals surface area contributed by atoms with E-state index in [1.807, 2.05) is 0 Å². The molecule has 3 heterocycles. The fraction of sp³-hybridized carbons (Fsp3) is 0.200. The molecule has 0 spiro atoms. The molecule has 4 rings (SSSR count). The first-order chi connectivity index (χ1) is 14.2. The molecule has 10 heteroatoms. The molecule has 0 saturated heterocycles. The Morgan fingerprint density at radius 1 is 1.17 bits per heavy atom. The molecule has 0 aliphatic carbocycles. The van der Waals surface area contributed by atoms with Crippen molar-refractivity contribution in [2.45, 2.75) is 13.1 Å². The van der Waals surface area contributed by atoms with Crippen LogP contribution in [0.15, 0.2) is 47.4 Å². The summed E-state index contributed by atoms with van der Waals surface area (Å²) in [6, 6.07) is 9.03. The predicted molar refractivity (Wildman–Crippen MR) is 105 cm³/mol. The van der Waals surface area contributed by atoms with Crippen LogP contribution in [0.4, 0.5) is 13.2 Å². The normalized spacial score (nSPS) is 11.9. The first-order valence-electron chi connectivity index (χ1n) is 9.06. The molecule has 4 aromatic rings. The summed E-state index contributed by atoms with van der Waals surface area (Å²) in [7, 11) is 1.68. The molecular weight excluding hydrogens is 399 g/mol. The summed E-state index contributed by atoms with van der Waals surface area (Å²) in [5.41, 5.74) is -0.632. The summed E-state index contributed by atoms with van der Waals surface area (Å²) in [5, 5.41) is 7.90. The van der Waals surface area contributed by atoms with E-state index in [1.165, 1.54) is 0 Å². The van der Waals surface area contributed by atoms with Crippen LogP contribution in [-0.2, 0) is 13.2 Å². The fourth-order valence-corrected chi connectivity index (χ4v) is 3.42. The third-order valence-corrected chi connectivity index (χ3v) is 4.78. The van der Waals surface area contributed by atoms with Gasteiger partial charge in [0.15, 0.2) is 11.5 Å². The smallest absolute Gasteiger partial charge is 0.351 e. The molecule has 1 amide bonds. The van der Waals surface area contributed by atoms with E-state index in [2.05, 4.69) is 15.4 Å². The molecule has 0 atom stereocenters. The number of hydrogen-bond donors (Lipinski definition) is 1. The number of rotatable bonds is 3. The highest BCUT2D eigenvalue weighted by molar-refractivity contribution is 6.16. The van der Waals surface area contributed by atoms with Crippen molar-refractivity contribution >= 4 is 27.7 Å². The Morgan fingerprint density at radius 3 is 2.53 bits per heavy atom. The van der Waals surface area contributed by atoms with Crippen LogP contribution in [0.2, 0.25) is 0 Å². The van der Waals surface area contributed by atoms with Crippen molar-refractivity contribution in [3.8, 4) is 5.82 Å². The lowest BCUT2D eigenvalue weighted by molar-refractivity contribution is -0.137. The fourth-order valence-electron chi connectivity index (χ4n) is 3.42. The van der Waals surface area contributed by atoms with Gasteiger partial charge < -0.3 is 9.88 Å². The van der Waals surface area contributed by atoms with Crippen molar-refractivity contribution in [1.29, 1.82) is 0 Å². The van der Waals surface area contributed by atoms with Gasteiger partial charge in [-0.05, 0) is 25.1 Å². The molecule has 0 unspecified atom stereocenters. The predicted octanol–water partition coefficient (Wildman–Crippen LogP) is 3.04. The topological polar surface area (TPSA) is 81.8 Å².